The minimum atomic E-state index is -0.337. The van der Waals surface area contributed by atoms with E-state index in [0.717, 1.165) is 18.7 Å². The molecule has 0 aliphatic carbocycles. The lowest BCUT2D eigenvalue weighted by Crippen LogP contribution is -2.46. The van der Waals surface area contributed by atoms with E-state index >= 15 is 0 Å². The Labute approximate surface area is 120 Å². The summed E-state index contributed by atoms with van der Waals surface area (Å²) >= 11 is 1.80. The van der Waals surface area contributed by atoms with Gasteiger partial charge in [-0.2, -0.15) is 11.8 Å². The topological polar surface area (TPSA) is 49.4 Å². The van der Waals surface area contributed by atoms with Gasteiger partial charge in [-0.25, -0.2) is 0 Å². The van der Waals surface area contributed by atoms with Gasteiger partial charge in [0.05, 0.1) is 0 Å². The highest BCUT2D eigenvalue weighted by Gasteiger charge is 2.30. The minimum absolute atomic E-state index is 0.000908. The van der Waals surface area contributed by atoms with Crippen LogP contribution >= 0.6 is 11.8 Å². The summed E-state index contributed by atoms with van der Waals surface area (Å²) in [5.41, 5.74) is 0. The van der Waals surface area contributed by atoms with E-state index in [1.165, 1.54) is 0 Å². The van der Waals surface area contributed by atoms with E-state index < -0.39 is 0 Å². The number of thioether (sulfide) groups is 1. The van der Waals surface area contributed by atoms with Crippen molar-refractivity contribution in [1.82, 2.24) is 10.2 Å². The molecule has 2 atom stereocenters. The fourth-order valence-electron chi connectivity index (χ4n) is 2.42. The van der Waals surface area contributed by atoms with Crippen LogP contribution in [-0.4, -0.2) is 47.9 Å². The molecule has 1 rings (SSSR count). The molecule has 2 unspecified atom stereocenters. The number of nitrogens with one attached hydrogen (secondary N) is 1. The van der Waals surface area contributed by atoms with Crippen molar-refractivity contribution in [2.24, 2.45) is 11.8 Å². The quantitative estimate of drug-likeness (QED) is 0.809. The molecule has 0 aromatic carbocycles. The molecule has 0 saturated carbocycles. The number of nitrogens with zero attached hydrogens (tertiary/aromatic N) is 1. The number of carbonyl (C=O) groups is 2. The van der Waals surface area contributed by atoms with Crippen LogP contribution in [0, 0.1) is 11.8 Å². The lowest BCUT2D eigenvalue weighted by atomic mass is 10.0. The summed E-state index contributed by atoms with van der Waals surface area (Å²) < 4.78 is 0. The standard InChI is InChI=1S/C14H26N2O2S/c1-10(2)7-12-14(18)16(6-5-13(17)15-12)8-11(3)9-19-4/h10-12H,5-9H2,1-4H3,(H,15,17). The number of hydrogen-bond acceptors (Lipinski definition) is 3. The first-order valence-electron chi connectivity index (χ1n) is 7.01. The normalized spacial score (nSPS) is 22.4. The van der Waals surface area contributed by atoms with E-state index in [1.807, 2.05) is 4.90 Å². The molecule has 1 aliphatic heterocycles. The second kappa shape index (κ2) is 7.78. The van der Waals surface area contributed by atoms with Gasteiger partial charge < -0.3 is 10.2 Å². The van der Waals surface area contributed by atoms with Crippen LogP contribution < -0.4 is 5.32 Å². The van der Waals surface area contributed by atoms with Gasteiger partial charge in [-0.3, -0.25) is 9.59 Å². The van der Waals surface area contributed by atoms with Gasteiger partial charge in [-0.1, -0.05) is 20.8 Å². The van der Waals surface area contributed by atoms with Crippen molar-refractivity contribution in [3.8, 4) is 0 Å². The first-order valence-corrected chi connectivity index (χ1v) is 8.40. The van der Waals surface area contributed by atoms with Crippen molar-refractivity contribution in [3.05, 3.63) is 0 Å². The highest BCUT2D eigenvalue weighted by molar-refractivity contribution is 7.98. The van der Waals surface area contributed by atoms with Gasteiger partial charge in [0.15, 0.2) is 0 Å². The molecule has 5 heteroatoms. The largest absolute Gasteiger partial charge is 0.344 e. The Hall–Kier alpha value is -0.710. The highest BCUT2D eigenvalue weighted by atomic mass is 32.2. The third kappa shape index (κ3) is 5.43. The molecule has 1 heterocycles. The average molecular weight is 286 g/mol. The molecule has 0 aromatic heterocycles. The Bertz CT molecular complexity index is 321. The lowest BCUT2D eigenvalue weighted by Gasteiger charge is -2.27. The average Bonchev–Trinajstić information content (AvgIpc) is 2.43. The third-order valence-electron chi connectivity index (χ3n) is 3.24. The van der Waals surface area contributed by atoms with Crippen LogP contribution in [0.15, 0.2) is 0 Å². The summed E-state index contributed by atoms with van der Waals surface area (Å²) in [6, 6.07) is -0.337. The van der Waals surface area contributed by atoms with Crippen molar-refractivity contribution < 1.29 is 9.59 Å². The molecule has 1 saturated heterocycles. The monoisotopic (exact) mass is 286 g/mol. The summed E-state index contributed by atoms with van der Waals surface area (Å²) in [5, 5.41) is 2.86. The molecule has 0 aromatic rings. The maximum atomic E-state index is 12.5. The summed E-state index contributed by atoms with van der Waals surface area (Å²) in [7, 11) is 0. The van der Waals surface area contributed by atoms with Gasteiger partial charge in [0.1, 0.15) is 6.04 Å². The van der Waals surface area contributed by atoms with Crippen LogP contribution in [-0.2, 0) is 9.59 Å². The third-order valence-corrected chi connectivity index (χ3v) is 4.15. The lowest BCUT2D eigenvalue weighted by molar-refractivity contribution is -0.134. The molecule has 1 aliphatic rings. The van der Waals surface area contributed by atoms with Gasteiger partial charge in [0.2, 0.25) is 11.8 Å². The zero-order chi connectivity index (χ0) is 14.4. The maximum Gasteiger partial charge on any atom is 0.245 e. The first-order chi connectivity index (χ1) is 8.93. The van der Waals surface area contributed by atoms with E-state index in [2.05, 4.69) is 32.3 Å². The SMILES string of the molecule is CSCC(C)CN1CCC(=O)NC(CC(C)C)C1=O. The number of carbonyl (C=O) groups excluding carboxylic acids is 2. The predicted octanol–water partition coefficient (Wildman–Crippen LogP) is 1.75. The van der Waals surface area contributed by atoms with E-state index in [9.17, 15) is 9.59 Å². The summed E-state index contributed by atoms with van der Waals surface area (Å²) in [5.74, 6) is 2.00. The fraction of sp³-hybridized carbons (Fsp3) is 0.857. The van der Waals surface area contributed by atoms with Gasteiger partial charge in [0.25, 0.3) is 0 Å². The number of rotatable bonds is 6. The highest BCUT2D eigenvalue weighted by Crippen LogP contribution is 2.14. The molecule has 110 valence electrons. The summed E-state index contributed by atoms with van der Waals surface area (Å²) in [4.78, 5) is 26.0. The van der Waals surface area contributed by atoms with E-state index in [0.29, 0.717) is 24.8 Å². The van der Waals surface area contributed by atoms with E-state index in [1.54, 1.807) is 11.8 Å². The smallest absolute Gasteiger partial charge is 0.245 e. The molecule has 1 N–H and O–H groups in total. The second-order valence-electron chi connectivity index (χ2n) is 5.84. The van der Waals surface area contributed by atoms with Crippen LogP contribution in [0.1, 0.15) is 33.6 Å². The van der Waals surface area contributed by atoms with Crippen LogP contribution in [0.2, 0.25) is 0 Å². The van der Waals surface area contributed by atoms with Crippen molar-refractivity contribution >= 4 is 23.6 Å². The van der Waals surface area contributed by atoms with Gasteiger partial charge in [-0.05, 0) is 30.3 Å². The first kappa shape index (κ1) is 16.3. The van der Waals surface area contributed by atoms with Crippen LogP contribution in [0.25, 0.3) is 0 Å². The van der Waals surface area contributed by atoms with Crippen molar-refractivity contribution in [2.75, 3.05) is 25.1 Å². The Morgan fingerprint density at radius 3 is 2.63 bits per heavy atom. The Balaban J connectivity index is 2.69. The zero-order valence-corrected chi connectivity index (χ0v) is 13.3. The number of hydrogen-bond donors (Lipinski definition) is 1. The molecule has 2 amide bonds. The predicted molar refractivity (Wildman–Crippen MR) is 80.1 cm³/mol. The molecule has 0 bridgehead atoms. The minimum Gasteiger partial charge on any atom is -0.344 e. The molecule has 0 spiro atoms. The van der Waals surface area contributed by atoms with Gasteiger partial charge >= 0.3 is 0 Å². The van der Waals surface area contributed by atoms with Crippen LogP contribution in [0.3, 0.4) is 0 Å². The van der Waals surface area contributed by atoms with E-state index in [-0.39, 0.29) is 17.9 Å². The van der Waals surface area contributed by atoms with E-state index in [4.69, 9.17) is 0 Å². The fourth-order valence-corrected chi connectivity index (χ4v) is 3.10. The van der Waals surface area contributed by atoms with Gasteiger partial charge in [-0.15, -0.1) is 0 Å². The van der Waals surface area contributed by atoms with Gasteiger partial charge in [0, 0.05) is 19.5 Å². The van der Waals surface area contributed by atoms with Crippen molar-refractivity contribution in [2.45, 2.75) is 39.7 Å². The van der Waals surface area contributed by atoms with Crippen molar-refractivity contribution in [3.63, 3.8) is 0 Å². The molecular weight excluding hydrogens is 260 g/mol. The van der Waals surface area contributed by atoms with Crippen molar-refractivity contribution in [1.29, 1.82) is 0 Å². The molecule has 0 radical (unpaired) electrons. The number of amides is 2. The Kier molecular flexibility index (Phi) is 6.69. The maximum absolute atomic E-state index is 12.5. The Morgan fingerprint density at radius 2 is 2.05 bits per heavy atom. The molecule has 1 fully saturated rings. The summed E-state index contributed by atoms with van der Waals surface area (Å²) in [6.07, 6.45) is 3.22. The molecule has 19 heavy (non-hydrogen) atoms. The Morgan fingerprint density at radius 1 is 1.37 bits per heavy atom. The molecule has 4 nitrogen and oxygen atoms in total. The van der Waals surface area contributed by atoms with Crippen LogP contribution in [0.4, 0.5) is 0 Å². The van der Waals surface area contributed by atoms with Crippen LogP contribution in [0.5, 0.6) is 0 Å². The zero-order valence-electron chi connectivity index (χ0n) is 12.4. The second-order valence-corrected chi connectivity index (χ2v) is 6.76. The molecular formula is C14H26N2O2S. The summed E-state index contributed by atoms with van der Waals surface area (Å²) in [6.45, 7) is 7.61.